The number of aliphatic hydroxyl groups excluding tert-OH is 4. The molecule has 0 radical (unpaired) electrons. The van der Waals surface area contributed by atoms with Gasteiger partial charge in [-0.15, -0.1) is 0 Å². The average molecular weight is 959 g/mol. The zero-order valence-corrected chi connectivity index (χ0v) is 38.6. The Labute approximate surface area is 406 Å². The van der Waals surface area contributed by atoms with Crippen molar-refractivity contribution in [1.82, 2.24) is 20.4 Å². The topological polar surface area (TPSA) is 322 Å². The molecule has 5 unspecified atom stereocenters. The SMILES string of the molecule is N=CC(O)c1cc(CN(Cc2ccc(O)c(C(O)C=N)c2)CC(CCC(=O)NCCCNC(=O)Cc2ccccc2)N(Cc2ccc(O)c(C(O)C=N)c2)Cc2ccc(O)c(C(O)C=N)c2)ccc1O. The van der Waals surface area contributed by atoms with Gasteiger partial charge in [-0.2, -0.15) is 0 Å². The molecule has 14 N–H and O–H groups in total. The second-order valence-corrected chi connectivity index (χ2v) is 17.0. The Hall–Kier alpha value is -7.32. The van der Waals surface area contributed by atoms with Gasteiger partial charge in [0.25, 0.3) is 0 Å². The number of phenolic OH excluding ortho intramolecular Hbond substituents is 4. The van der Waals surface area contributed by atoms with Gasteiger partial charge >= 0.3 is 0 Å². The zero-order valence-electron chi connectivity index (χ0n) is 38.6. The summed E-state index contributed by atoms with van der Waals surface area (Å²) < 4.78 is 0. The van der Waals surface area contributed by atoms with Crippen LogP contribution in [0.5, 0.6) is 23.0 Å². The molecule has 0 heterocycles. The molecule has 5 atom stereocenters. The lowest BCUT2D eigenvalue weighted by Crippen LogP contribution is -2.44. The van der Waals surface area contributed by atoms with Crippen LogP contribution in [0.15, 0.2) is 103 Å². The van der Waals surface area contributed by atoms with Crippen molar-refractivity contribution in [2.75, 3.05) is 19.6 Å². The zero-order chi connectivity index (χ0) is 50.7. The number of carbonyl (C=O) groups is 2. The predicted octanol–water partition coefficient (Wildman–Crippen LogP) is 4.96. The van der Waals surface area contributed by atoms with Crippen molar-refractivity contribution in [1.29, 1.82) is 21.6 Å². The van der Waals surface area contributed by atoms with Crippen molar-refractivity contribution in [3.05, 3.63) is 153 Å². The minimum atomic E-state index is -1.41. The van der Waals surface area contributed by atoms with Crippen molar-refractivity contribution in [3.8, 4) is 23.0 Å². The lowest BCUT2D eigenvalue weighted by molar-refractivity contribution is -0.121. The van der Waals surface area contributed by atoms with Crippen molar-refractivity contribution >= 4 is 36.7 Å². The minimum absolute atomic E-state index is 0.0137. The van der Waals surface area contributed by atoms with Crippen molar-refractivity contribution in [2.45, 2.75) is 82.3 Å². The Bertz CT molecular complexity index is 2450. The number of aromatic hydroxyl groups is 4. The summed E-state index contributed by atoms with van der Waals surface area (Å²) in [6, 6.07) is 27.3. The third kappa shape index (κ3) is 15.6. The fourth-order valence-electron chi connectivity index (χ4n) is 8.06. The molecule has 5 aromatic carbocycles. The van der Waals surface area contributed by atoms with Crippen LogP contribution in [0.3, 0.4) is 0 Å². The number of hydrogen-bond donors (Lipinski definition) is 14. The summed E-state index contributed by atoms with van der Waals surface area (Å²) in [7, 11) is 0. The Morgan fingerprint density at radius 2 is 0.871 bits per heavy atom. The van der Waals surface area contributed by atoms with E-state index in [2.05, 4.69) is 10.6 Å². The molecule has 370 valence electrons. The molecule has 0 aromatic heterocycles. The number of hydrogen-bond acceptors (Lipinski definition) is 16. The van der Waals surface area contributed by atoms with Crippen LogP contribution in [0.4, 0.5) is 0 Å². The van der Waals surface area contributed by atoms with Crippen molar-refractivity contribution < 1.29 is 50.4 Å². The van der Waals surface area contributed by atoms with Crippen molar-refractivity contribution in [3.63, 3.8) is 0 Å². The standard InChI is InChI=1S/C52H62N8O10/c53-24-47(65)39-19-34(7-12-43(39)61)28-59(29-35-8-13-44(62)40(20-35)48(66)25-54)32-38(11-16-51(69)57-17-4-18-58-52(70)23-33-5-2-1-3-6-33)60(30-36-9-14-45(63)41(21-36)49(67)26-55)31-37-10-15-46(64)42(22-37)50(68)27-56/h1-3,5-10,12-15,19-22,24-27,38,47-50,53-56,61-68H,4,11,16-18,23,28-32H2,(H,57,69)(H,58,70). The van der Waals surface area contributed by atoms with E-state index in [4.69, 9.17) is 21.6 Å². The smallest absolute Gasteiger partial charge is 0.224 e. The van der Waals surface area contributed by atoms with Crippen LogP contribution < -0.4 is 10.6 Å². The average Bonchev–Trinajstić information content (AvgIpc) is 3.36. The molecule has 18 nitrogen and oxygen atoms in total. The first-order valence-corrected chi connectivity index (χ1v) is 22.7. The fraction of sp³-hybridized carbons (Fsp3) is 0.308. The lowest BCUT2D eigenvalue weighted by Gasteiger charge is -2.36. The van der Waals surface area contributed by atoms with Gasteiger partial charge in [0.15, 0.2) is 0 Å². The number of nitrogens with zero attached hydrogens (tertiary/aromatic N) is 2. The van der Waals surface area contributed by atoms with E-state index in [1.54, 1.807) is 48.5 Å². The van der Waals surface area contributed by atoms with Crippen LogP contribution in [-0.4, -0.2) is 113 Å². The molecular weight excluding hydrogens is 897 g/mol. The molecule has 18 heteroatoms. The van der Waals surface area contributed by atoms with E-state index >= 15 is 0 Å². The maximum Gasteiger partial charge on any atom is 0.224 e. The quantitative estimate of drug-likeness (QED) is 0.0234. The second-order valence-electron chi connectivity index (χ2n) is 17.0. The van der Waals surface area contributed by atoms with E-state index < -0.39 is 30.5 Å². The van der Waals surface area contributed by atoms with Crippen LogP contribution in [-0.2, 0) is 42.2 Å². The summed E-state index contributed by atoms with van der Waals surface area (Å²) >= 11 is 0. The first-order valence-electron chi connectivity index (χ1n) is 22.7. The van der Waals surface area contributed by atoms with E-state index in [-0.39, 0.29) is 116 Å². The highest BCUT2D eigenvalue weighted by Gasteiger charge is 2.26. The fourth-order valence-corrected chi connectivity index (χ4v) is 8.06. The predicted molar refractivity (Wildman–Crippen MR) is 265 cm³/mol. The number of benzene rings is 5. The number of rotatable bonds is 28. The van der Waals surface area contributed by atoms with Gasteiger partial charge in [0.1, 0.15) is 47.4 Å². The molecule has 0 aliphatic rings. The molecule has 0 aliphatic carbocycles. The molecule has 0 saturated heterocycles. The second kappa shape index (κ2) is 26.4. The normalized spacial score (nSPS) is 13.5. The molecule has 0 spiro atoms. The minimum Gasteiger partial charge on any atom is -0.508 e. The highest BCUT2D eigenvalue weighted by Crippen LogP contribution is 2.31. The van der Waals surface area contributed by atoms with Gasteiger partial charge < -0.3 is 73.1 Å². The van der Waals surface area contributed by atoms with Gasteiger partial charge in [-0.1, -0.05) is 54.6 Å². The first kappa shape index (κ1) is 53.6. The summed E-state index contributed by atoms with van der Waals surface area (Å²) in [5.41, 5.74) is 3.72. The summed E-state index contributed by atoms with van der Waals surface area (Å²) in [5.74, 6) is -1.32. The van der Waals surface area contributed by atoms with Gasteiger partial charge in [-0.3, -0.25) is 19.4 Å². The Morgan fingerprint density at radius 1 is 0.500 bits per heavy atom. The molecule has 0 fully saturated rings. The van der Waals surface area contributed by atoms with Gasteiger partial charge in [-0.25, -0.2) is 0 Å². The number of carbonyl (C=O) groups excluding carboxylic acids is 2. The Kier molecular flexibility index (Phi) is 20.3. The molecule has 0 bridgehead atoms. The monoisotopic (exact) mass is 958 g/mol. The third-order valence-corrected chi connectivity index (χ3v) is 11.8. The molecule has 5 aromatic rings. The lowest BCUT2D eigenvalue weighted by atomic mass is 10.00. The van der Waals surface area contributed by atoms with Crippen LogP contribution in [0.2, 0.25) is 0 Å². The first-order chi connectivity index (χ1) is 33.6. The number of amides is 2. The molecule has 2 amide bonds. The van der Waals surface area contributed by atoms with Crippen LogP contribution >= 0.6 is 0 Å². The Balaban J connectivity index is 1.53. The van der Waals surface area contributed by atoms with Gasteiger partial charge in [0, 0.05) is 105 Å². The molecule has 5 rings (SSSR count). The summed E-state index contributed by atoms with van der Waals surface area (Å²) in [6.45, 7) is 1.40. The number of nitrogens with one attached hydrogen (secondary N) is 6. The third-order valence-electron chi connectivity index (χ3n) is 11.8. The number of phenols is 4. The molecule has 0 aliphatic heterocycles. The molecule has 70 heavy (non-hydrogen) atoms. The summed E-state index contributed by atoms with van der Waals surface area (Å²) in [5, 5.41) is 121. The molecular formula is C52H62N8O10. The highest BCUT2D eigenvalue weighted by molar-refractivity contribution is 5.78. The van der Waals surface area contributed by atoms with Crippen LogP contribution in [0.25, 0.3) is 0 Å². The van der Waals surface area contributed by atoms with Gasteiger partial charge in [0.05, 0.1) is 6.42 Å². The Morgan fingerprint density at radius 3 is 1.26 bits per heavy atom. The van der Waals surface area contributed by atoms with E-state index in [1.807, 2.05) is 40.1 Å². The highest BCUT2D eigenvalue weighted by atomic mass is 16.3. The van der Waals surface area contributed by atoms with Crippen LogP contribution in [0.1, 0.15) is 93.7 Å². The van der Waals surface area contributed by atoms with Gasteiger partial charge in [-0.05, 0) is 89.2 Å². The summed E-state index contributed by atoms with van der Waals surface area (Å²) in [4.78, 5) is 30.2. The van der Waals surface area contributed by atoms with E-state index in [0.717, 1.165) is 30.4 Å². The van der Waals surface area contributed by atoms with E-state index in [1.165, 1.54) is 24.3 Å². The number of aliphatic hydroxyl groups is 4. The largest absolute Gasteiger partial charge is 0.508 e. The molecule has 0 saturated carbocycles. The maximum atomic E-state index is 13.7. The maximum absolute atomic E-state index is 13.7. The van der Waals surface area contributed by atoms with Crippen LogP contribution in [0, 0.1) is 21.6 Å². The van der Waals surface area contributed by atoms with E-state index in [9.17, 15) is 50.4 Å². The van der Waals surface area contributed by atoms with Crippen molar-refractivity contribution in [2.24, 2.45) is 0 Å². The summed E-state index contributed by atoms with van der Waals surface area (Å²) in [6.07, 6.45) is -1.55. The van der Waals surface area contributed by atoms with E-state index in [0.29, 0.717) is 35.2 Å². The van der Waals surface area contributed by atoms with Gasteiger partial charge in [0.2, 0.25) is 11.8 Å².